The van der Waals surface area contributed by atoms with Gasteiger partial charge in [0, 0.05) is 12.8 Å². The van der Waals surface area contributed by atoms with Crippen LogP contribution in [0.2, 0.25) is 0 Å². The van der Waals surface area contributed by atoms with Gasteiger partial charge in [-0.1, -0.05) is 264 Å². The van der Waals surface area contributed by atoms with Gasteiger partial charge in [0.2, 0.25) is 0 Å². The lowest BCUT2D eigenvalue weighted by molar-refractivity contribution is -0.166. The highest BCUT2D eigenvalue weighted by atomic mass is 16.6. The van der Waals surface area contributed by atoms with E-state index in [1.165, 1.54) is 116 Å². The molecule has 0 aromatic carbocycles. The van der Waals surface area contributed by atoms with Crippen molar-refractivity contribution in [2.24, 2.45) is 0 Å². The van der Waals surface area contributed by atoms with Crippen LogP contribution in [0.3, 0.4) is 0 Å². The largest absolute Gasteiger partial charge is 0.462 e. The zero-order valence-electron chi connectivity index (χ0n) is 48.5. The molecule has 0 saturated heterocycles. The molecule has 75 heavy (non-hydrogen) atoms. The van der Waals surface area contributed by atoms with Crippen LogP contribution in [0.15, 0.2) is 134 Å². The second-order valence-corrected chi connectivity index (χ2v) is 19.9. The van der Waals surface area contributed by atoms with E-state index in [0.717, 1.165) is 109 Å². The van der Waals surface area contributed by atoms with Crippen molar-refractivity contribution in [3.05, 3.63) is 134 Å². The van der Waals surface area contributed by atoms with E-state index in [1.807, 2.05) is 6.08 Å². The van der Waals surface area contributed by atoms with Gasteiger partial charge in [0.1, 0.15) is 13.2 Å². The van der Waals surface area contributed by atoms with Crippen molar-refractivity contribution in [2.75, 3.05) is 13.2 Å². The summed E-state index contributed by atoms with van der Waals surface area (Å²) in [7, 11) is 0. The number of rotatable bonds is 54. The van der Waals surface area contributed by atoms with E-state index in [-0.39, 0.29) is 31.6 Å². The van der Waals surface area contributed by atoms with Crippen LogP contribution >= 0.6 is 0 Å². The number of esters is 3. The molecular formula is C69H112O6. The standard InChI is InChI=1S/C69H112O6/c1-4-7-10-13-16-19-22-25-28-30-31-32-33-34-35-36-37-39-41-44-47-50-53-56-59-62-68(71)74-65-66(64-73-67(70)61-58-55-52-49-46-43-40-27-24-21-18-15-12-9-6-3)75-69(72)63-60-57-54-51-48-45-42-38-29-26-23-20-17-14-11-8-5-2/h7,9-10,12,16,18-19,21,25-29,31-32,34-35,40,46,49,55,58,66H,4-6,8,11,13-15,17,20,22-24,30,33,36-39,41-45,47-48,50-54,56-57,59-65H2,1-3H3/b10-7-,12-9-,19-16-,21-18-,28-25-,29-26-,32-31-,35-34-,40-27-,49-46-,58-55-. The summed E-state index contributed by atoms with van der Waals surface area (Å²) >= 11 is 0. The Kier molecular flexibility index (Phi) is 58.4. The zero-order chi connectivity index (χ0) is 54.3. The Labute approximate surface area is 462 Å². The lowest BCUT2D eigenvalue weighted by Crippen LogP contribution is -2.30. The molecule has 424 valence electrons. The number of carbonyl (C=O) groups is 3. The van der Waals surface area contributed by atoms with Gasteiger partial charge in [-0.2, -0.15) is 0 Å². The Morgan fingerprint density at radius 3 is 0.947 bits per heavy atom. The van der Waals surface area contributed by atoms with Gasteiger partial charge in [-0.3, -0.25) is 14.4 Å². The smallest absolute Gasteiger partial charge is 0.309 e. The zero-order valence-corrected chi connectivity index (χ0v) is 48.5. The van der Waals surface area contributed by atoms with Crippen molar-refractivity contribution < 1.29 is 28.6 Å². The van der Waals surface area contributed by atoms with Crippen molar-refractivity contribution in [3.63, 3.8) is 0 Å². The van der Waals surface area contributed by atoms with E-state index in [4.69, 9.17) is 14.2 Å². The fourth-order valence-electron chi connectivity index (χ4n) is 8.13. The normalized spacial score (nSPS) is 13.1. The Balaban J connectivity index is 4.45. The molecule has 0 aliphatic rings. The maximum absolute atomic E-state index is 12.9. The van der Waals surface area contributed by atoms with E-state index in [1.54, 1.807) is 6.08 Å². The van der Waals surface area contributed by atoms with Crippen LogP contribution in [0.4, 0.5) is 0 Å². The Hall–Kier alpha value is -4.45. The van der Waals surface area contributed by atoms with Crippen LogP contribution in [0, 0.1) is 0 Å². The molecule has 0 aromatic rings. The van der Waals surface area contributed by atoms with Crippen LogP contribution < -0.4 is 0 Å². The number of allylic oxidation sites excluding steroid dienone is 21. The maximum Gasteiger partial charge on any atom is 0.309 e. The predicted molar refractivity (Wildman–Crippen MR) is 325 cm³/mol. The lowest BCUT2D eigenvalue weighted by Gasteiger charge is -2.18. The van der Waals surface area contributed by atoms with Crippen LogP contribution in [0.1, 0.15) is 265 Å². The van der Waals surface area contributed by atoms with Gasteiger partial charge < -0.3 is 14.2 Å². The predicted octanol–water partition coefficient (Wildman–Crippen LogP) is 21.0. The first-order valence-corrected chi connectivity index (χ1v) is 30.7. The molecule has 1 atom stereocenters. The summed E-state index contributed by atoms with van der Waals surface area (Å²) in [4.78, 5) is 38.2. The summed E-state index contributed by atoms with van der Waals surface area (Å²) in [6, 6.07) is 0. The summed E-state index contributed by atoms with van der Waals surface area (Å²) < 4.78 is 16.8. The molecule has 1 unspecified atom stereocenters. The van der Waals surface area contributed by atoms with Crippen molar-refractivity contribution in [2.45, 2.75) is 271 Å². The van der Waals surface area contributed by atoms with E-state index >= 15 is 0 Å². The van der Waals surface area contributed by atoms with Gasteiger partial charge in [0.15, 0.2) is 6.10 Å². The van der Waals surface area contributed by atoms with Gasteiger partial charge in [0.25, 0.3) is 0 Å². The molecule has 0 radical (unpaired) electrons. The summed E-state index contributed by atoms with van der Waals surface area (Å²) in [5.41, 5.74) is 0. The summed E-state index contributed by atoms with van der Waals surface area (Å²) in [6.07, 6.45) is 87.6. The Morgan fingerprint density at radius 2 is 0.573 bits per heavy atom. The summed E-state index contributed by atoms with van der Waals surface area (Å²) in [6.45, 7) is 6.32. The summed E-state index contributed by atoms with van der Waals surface area (Å²) in [5, 5.41) is 0. The highest BCUT2D eigenvalue weighted by molar-refractivity contribution is 5.72. The third-order valence-electron chi connectivity index (χ3n) is 12.7. The minimum absolute atomic E-state index is 0.116. The first-order chi connectivity index (χ1) is 37.0. The number of ether oxygens (including phenoxy) is 3. The van der Waals surface area contributed by atoms with E-state index in [9.17, 15) is 14.4 Å². The second kappa shape index (κ2) is 62.1. The van der Waals surface area contributed by atoms with E-state index < -0.39 is 12.1 Å². The first kappa shape index (κ1) is 70.5. The van der Waals surface area contributed by atoms with Crippen LogP contribution in [-0.2, 0) is 28.6 Å². The summed E-state index contributed by atoms with van der Waals surface area (Å²) in [5.74, 6) is -1.06. The first-order valence-electron chi connectivity index (χ1n) is 30.7. The molecule has 0 aromatic heterocycles. The minimum atomic E-state index is -0.828. The van der Waals surface area contributed by atoms with Crippen LogP contribution in [0.5, 0.6) is 0 Å². The third-order valence-corrected chi connectivity index (χ3v) is 12.7. The third kappa shape index (κ3) is 60.3. The highest BCUT2D eigenvalue weighted by Crippen LogP contribution is 2.15. The van der Waals surface area contributed by atoms with Gasteiger partial charge in [-0.15, -0.1) is 0 Å². The molecule has 0 bridgehead atoms. The molecule has 0 spiro atoms. The molecule has 0 aliphatic carbocycles. The SMILES string of the molecule is CC/C=C\C/C=C\C/C=C\C/C=C\C/C=C\CCCCCCCCCCCC(=O)OCC(COC(=O)C/C=C\C/C=C\C/C=C\C/C=C\C/C=C\CC)OC(=O)CCCCCCCCC/C=C\CCCCCCCC. The molecule has 6 nitrogen and oxygen atoms in total. The van der Waals surface area contributed by atoms with Crippen molar-refractivity contribution >= 4 is 17.9 Å². The topological polar surface area (TPSA) is 78.9 Å². The van der Waals surface area contributed by atoms with Crippen molar-refractivity contribution in [3.8, 4) is 0 Å². The van der Waals surface area contributed by atoms with Gasteiger partial charge in [-0.05, 0) is 116 Å². The van der Waals surface area contributed by atoms with Crippen LogP contribution in [-0.4, -0.2) is 37.2 Å². The Bertz CT molecular complexity index is 1620. The maximum atomic E-state index is 12.9. The van der Waals surface area contributed by atoms with Gasteiger partial charge in [0.05, 0.1) is 6.42 Å². The Morgan fingerprint density at radius 1 is 0.293 bits per heavy atom. The lowest BCUT2D eigenvalue weighted by atomic mass is 10.1. The quantitative estimate of drug-likeness (QED) is 0.0261. The number of unbranched alkanes of at least 4 members (excludes halogenated alkanes) is 22. The molecule has 0 saturated carbocycles. The molecular weight excluding hydrogens is 925 g/mol. The van der Waals surface area contributed by atoms with Crippen LogP contribution in [0.25, 0.3) is 0 Å². The number of hydrogen-bond acceptors (Lipinski definition) is 6. The average molecular weight is 1040 g/mol. The molecule has 6 heteroatoms. The molecule has 0 N–H and O–H groups in total. The average Bonchev–Trinajstić information content (AvgIpc) is 3.41. The van der Waals surface area contributed by atoms with Crippen molar-refractivity contribution in [1.29, 1.82) is 0 Å². The van der Waals surface area contributed by atoms with Gasteiger partial charge >= 0.3 is 17.9 Å². The molecule has 0 rings (SSSR count). The highest BCUT2D eigenvalue weighted by Gasteiger charge is 2.19. The molecule has 0 aliphatic heterocycles. The van der Waals surface area contributed by atoms with Crippen molar-refractivity contribution in [1.82, 2.24) is 0 Å². The molecule has 0 heterocycles. The molecule has 0 amide bonds. The number of carbonyl (C=O) groups excluding carboxylic acids is 3. The fourth-order valence-corrected chi connectivity index (χ4v) is 8.13. The van der Waals surface area contributed by atoms with E-state index in [0.29, 0.717) is 12.8 Å². The second-order valence-electron chi connectivity index (χ2n) is 19.9. The molecule has 0 fully saturated rings. The van der Waals surface area contributed by atoms with Gasteiger partial charge in [-0.25, -0.2) is 0 Å². The number of hydrogen-bond donors (Lipinski definition) is 0. The fraction of sp³-hybridized carbons (Fsp3) is 0.638. The minimum Gasteiger partial charge on any atom is -0.462 e. The van der Waals surface area contributed by atoms with E-state index in [2.05, 4.69) is 142 Å². The monoisotopic (exact) mass is 1040 g/mol.